The van der Waals surface area contributed by atoms with Gasteiger partial charge in [0.05, 0.1) is 17.1 Å². The van der Waals surface area contributed by atoms with Crippen molar-refractivity contribution in [1.29, 1.82) is 0 Å². The van der Waals surface area contributed by atoms with Gasteiger partial charge in [0.1, 0.15) is 14.6 Å². The largest absolute Gasteiger partial charge is 0.346 e. The zero-order chi connectivity index (χ0) is 16.7. The second kappa shape index (κ2) is 4.71. The molecule has 4 fully saturated rings. The van der Waals surface area contributed by atoms with Crippen LogP contribution in [0.1, 0.15) is 50.3 Å². The fourth-order valence-corrected chi connectivity index (χ4v) is 8.03. The van der Waals surface area contributed by atoms with Crippen LogP contribution in [0.5, 0.6) is 0 Å². The molecule has 0 aromatic carbocycles. The van der Waals surface area contributed by atoms with Gasteiger partial charge in [-0.2, -0.15) is 0 Å². The summed E-state index contributed by atoms with van der Waals surface area (Å²) in [5.74, 6) is 2.77. The van der Waals surface area contributed by atoms with E-state index in [1.165, 1.54) is 49.5 Å². The summed E-state index contributed by atoms with van der Waals surface area (Å²) in [6.07, 6.45) is 8.16. The summed E-state index contributed by atoms with van der Waals surface area (Å²) in [5, 5.41) is 13.6. The highest BCUT2D eigenvalue weighted by atomic mass is 28.3. The summed E-state index contributed by atoms with van der Waals surface area (Å²) in [5.41, 5.74) is 1.52. The first-order chi connectivity index (χ1) is 11.3. The van der Waals surface area contributed by atoms with E-state index >= 15 is 0 Å². The number of amides is 1. The number of nitrogens with one attached hydrogen (secondary N) is 1. The van der Waals surface area contributed by atoms with Crippen LogP contribution >= 0.6 is 0 Å². The summed E-state index contributed by atoms with van der Waals surface area (Å²) in [7, 11) is -1.58. The smallest absolute Gasteiger partial charge is 0.242 e. The van der Waals surface area contributed by atoms with E-state index in [0.29, 0.717) is 6.54 Å². The van der Waals surface area contributed by atoms with Crippen LogP contribution in [-0.4, -0.2) is 29.0 Å². The van der Waals surface area contributed by atoms with E-state index in [1.54, 1.807) is 0 Å². The first kappa shape index (κ1) is 15.1. The first-order valence-electron chi connectivity index (χ1n) is 9.57. The number of carbonyl (C=O) groups is 1. The van der Waals surface area contributed by atoms with Crippen molar-refractivity contribution in [3.63, 3.8) is 0 Å². The highest BCUT2D eigenvalue weighted by Crippen LogP contribution is 2.64. The molecule has 1 amide bonds. The predicted molar refractivity (Wildman–Crippen MR) is 94.5 cm³/mol. The molecule has 24 heavy (non-hydrogen) atoms. The van der Waals surface area contributed by atoms with Crippen molar-refractivity contribution < 1.29 is 4.79 Å². The van der Waals surface area contributed by atoms with Crippen LogP contribution in [0, 0.1) is 23.2 Å². The molecule has 130 valence electrons. The number of carbonyl (C=O) groups excluding carboxylic acids is 1. The van der Waals surface area contributed by atoms with Gasteiger partial charge in [-0.25, -0.2) is 4.68 Å². The number of rotatable bonds is 2. The van der Waals surface area contributed by atoms with Crippen molar-refractivity contribution >= 4 is 19.3 Å². The van der Waals surface area contributed by atoms with Gasteiger partial charge >= 0.3 is 0 Å². The summed E-state index contributed by atoms with van der Waals surface area (Å²) in [6.45, 7) is 7.36. The van der Waals surface area contributed by atoms with Gasteiger partial charge in [-0.15, -0.1) is 5.10 Å². The number of hydrogen-bond acceptors (Lipinski definition) is 3. The number of fused-ring (bicyclic) bond motifs is 1. The molecule has 1 unspecified atom stereocenters. The normalized spacial score (nSPS) is 40.5. The quantitative estimate of drug-likeness (QED) is 0.837. The Labute approximate surface area is 144 Å². The maximum absolute atomic E-state index is 12.4. The Hall–Kier alpha value is -1.17. The van der Waals surface area contributed by atoms with E-state index in [-0.39, 0.29) is 17.4 Å². The third-order valence-corrected chi connectivity index (χ3v) is 8.83. The summed E-state index contributed by atoms with van der Waals surface area (Å²) in [6, 6.07) is 0.142. The van der Waals surface area contributed by atoms with Crippen molar-refractivity contribution in [3.05, 3.63) is 5.69 Å². The van der Waals surface area contributed by atoms with Crippen LogP contribution in [0.25, 0.3) is 0 Å². The molecule has 1 aliphatic heterocycles. The van der Waals surface area contributed by atoms with Crippen LogP contribution in [0.2, 0.25) is 19.6 Å². The topological polar surface area (TPSA) is 59.8 Å². The second-order valence-electron chi connectivity index (χ2n) is 10.0. The van der Waals surface area contributed by atoms with Gasteiger partial charge in [0, 0.05) is 0 Å². The van der Waals surface area contributed by atoms with E-state index < -0.39 is 8.07 Å². The molecule has 1 aromatic rings. The van der Waals surface area contributed by atoms with Crippen LogP contribution < -0.4 is 10.6 Å². The zero-order valence-electron chi connectivity index (χ0n) is 15.0. The highest BCUT2D eigenvalue weighted by molar-refractivity contribution is 6.88. The maximum atomic E-state index is 12.4. The van der Waals surface area contributed by atoms with Crippen LogP contribution in [0.3, 0.4) is 0 Å². The third kappa shape index (κ3) is 2.07. The molecule has 4 saturated carbocycles. The molecule has 1 aromatic heterocycles. The molecule has 2 heterocycles. The first-order valence-corrected chi connectivity index (χ1v) is 13.1. The van der Waals surface area contributed by atoms with Gasteiger partial charge in [-0.05, 0) is 61.7 Å². The van der Waals surface area contributed by atoms with Crippen molar-refractivity contribution in [2.75, 3.05) is 0 Å². The zero-order valence-corrected chi connectivity index (χ0v) is 16.0. The minimum absolute atomic E-state index is 0.121. The van der Waals surface area contributed by atoms with E-state index in [2.05, 4.69) is 35.3 Å². The number of aromatic nitrogens is 3. The molecule has 0 saturated heterocycles. The Bertz CT molecular complexity index is 669. The Morgan fingerprint density at radius 3 is 2.21 bits per heavy atom. The lowest BCUT2D eigenvalue weighted by Gasteiger charge is -2.59. The molecule has 4 aliphatic carbocycles. The SMILES string of the molecule is C[Si](C)(C)c1nnn2c1C(C13CC4CC(CC(C4)C1)C3)NC(=O)C2. The van der Waals surface area contributed by atoms with Crippen molar-refractivity contribution in [3.8, 4) is 0 Å². The van der Waals surface area contributed by atoms with Gasteiger partial charge in [0.2, 0.25) is 5.91 Å². The van der Waals surface area contributed by atoms with Crippen LogP contribution in [0.4, 0.5) is 0 Å². The lowest BCUT2D eigenvalue weighted by molar-refractivity contribution is -0.130. The minimum atomic E-state index is -1.58. The van der Waals surface area contributed by atoms with E-state index in [0.717, 1.165) is 17.8 Å². The molecule has 1 atom stereocenters. The molecular weight excluding hydrogens is 316 g/mol. The second-order valence-corrected chi connectivity index (χ2v) is 15.0. The molecule has 1 N–H and O–H groups in total. The van der Waals surface area contributed by atoms with Crippen molar-refractivity contribution in [1.82, 2.24) is 20.3 Å². The third-order valence-electron chi connectivity index (χ3n) is 7.05. The lowest BCUT2D eigenvalue weighted by atomic mass is 9.47. The number of nitrogens with zero attached hydrogens (tertiary/aromatic N) is 3. The lowest BCUT2D eigenvalue weighted by Crippen LogP contribution is -2.57. The summed E-state index contributed by atoms with van der Waals surface area (Å²) < 4.78 is 1.93. The molecule has 5 nitrogen and oxygen atoms in total. The maximum Gasteiger partial charge on any atom is 0.242 e. The van der Waals surface area contributed by atoms with Crippen molar-refractivity contribution in [2.45, 2.75) is 70.8 Å². The van der Waals surface area contributed by atoms with E-state index in [9.17, 15) is 4.79 Å². The van der Waals surface area contributed by atoms with Crippen LogP contribution in [0.15, 0.2) is 0 Å². The monoisotopic (exact) mass is 344 g/mol. The average Bonchev–Trinajstić information content (AvgIpc) is 2.88. The van der Waals surface area contributed by atoms with E-state index in [1.807, 2.05) is 4.68 Å². The van der Waals surface area contributed by atoms with Gasteiger partial charge in [-0.1, -0.05) is 24.9 Å². The molecular formula is C18H28N4OSi. The van der Waals surface area contributed by atoms with Gasteiger partial charge < -0.3 is 5.32 Å². The fraction of sp³-hybridized carbons (Fsp3) is 0.833. The van der Waals surface area contributed by atoms with E-state index in [4.69, 9.17) is 0 Å². The predicted octanol–water partition coefficient (Wildman–Crippen LogP) is 2.21. The van der Waals surface area contributed by atoms with Crippen molar-refractivity contribution in [2.24, 2.45) is 23.2 Å². The van der Waals surface area contributed by atoms with Crippen LogP contribution in [-0.2, 0) is 11.3 Å². The molecule has 6 heteroatoms. The number of hydrogen-bond donors (Lipinski definition) is 1. The molecule has 6 rings (SSSR count). The molecule has 0 radical (unpaired) electrons. The minimum Gasteiger partial charge on any atom is -0.346 e. The Morgan fingerprint density at radius 2 is 1.67 bits per heavy atom. The fourth-order valence-electron chi connectivity index (χ4n) is 6.64. The molecule has 5 aliphatic rings. The Morgan fingerprint density at radius 1 is 1.08 bits per heavy atom. The molecule has 4 bridgehead atoms. The Balaban J connectivity index is 1.62. The molecule has 0 spiro atoms. The van der Waals surface area contributed by atoms with Gasteiger partial charge in [-0.3, -0.25) is 4.79 Å². The summed E-state index contributed by atoms with van der Waals surface area (Å²) >= 11 is 0. The van der Waals surface area contributed by atoms with Gasteiger partial charge in [0.25, 0.3) is 0 Å². The van der Waals surface area contributed by atoms with Gasteiger partial charge in [0.15, 0.2) is 0 Å². The summed E-state index contributed by atoms with van der Waals surface area (Å²) in [4.78, 5) is 12.4. The Kier molecular flexibility index (Phi) is 2.97. The standard InChI is InChI=1S/C18H28N4OSi/c1-24(2,3)17-15-16(19-14(23)10-22(15)21-20-17)18-7-11-4-12(8-18)6-13(5-11)9-18/h11-13,16H,4-10H2,1-3H3,(H,19,23). The highest BCUT2D eigenvalue weighted by Gasteiger charge is 2.57. The average molecular weight is 345 g/mol.